The van der Waals surface area contributed by atoms with E-state index in [4.69, 9.17) is 14.2 Å². The average Bonchev–Trinajstić information content (AvgIpc) is 3.02. The molecule has 0 N–H and O–H groups in total. The van der Waals surface area contributed by atoms with E-state index in [0.29, 0.717) is 16.9 Å². The predicted molar refractivity (Wildman–Crippen MR) is 171 cm³/mol. The maximum absolute atomic E-state index is 12.8. The van der Waals surface area contributed by atoms with Crippen LogP contribution in [0.2, 0.25) is 0 Å². The summed E-state index contributed by atoms with van der Waals surface area (Å²) in [6.45, 7) is 8.48. The lowest BCUT2D eigenvalue weighted by atomic mass is 9.94. The quantitative estimate of drug-likeness (QED) is 0.0584. The van der Waals surface area contributed by atoms with Crippen molar-refractivity contribution in [3.63, 3.8) is 0 Å². The van der Waals surface area contributed by atoms with Crippen molar-refractivity contribution in [1.82, 2.24) is 0 Å². The minimum absolute atomic E-state index is 0.0437. The Morgan fingerprint density at radius 1 is 0.619 bits per heavy atom. The van der Waals surface area contributed by atoms with E-state index in [1.54, 1.807) is 36.4 Å². The highest BCUT2D eigenvalue weighted by atomic mass is 16.5. The summed E-state index contributed by atoms with van der Waals surface area (Å²) in [5, 5.41) is 0. The molecular weight excluding hydrogens is 524 g/mol. The Balaban J connectivity index is 1.43. The second-order valence-electron chi connectivity index (χ2n) is 10.9. The molecule has 0 fully saturated rings. The molecule has 0 bridgehead atoms. The van der Waals surface area contributed by atoms with Crippen molar-refractivity contribution >= 4 is 11.8 Å². The number of hydrogen-bond acceptors (Lipinski definition) is 5. The lowest BCUT2D eigenvalue weighted by Gasteiger charge is -2.11. The summed E-state index contributed by atoms with van der Waals surface area (Å²) in [4.78, 5) is 25.5. The molecule has 3 aromatic rings. The van der Waals surface area contributed by atoms with Crippen LogP contribution in [0.3, 0.4) is 0 Å². The van der Waals surface area contributed by atoms with Crippen LogP contribution in [0.15, 0.2) is 72.8 Å². The van der Waals surface area contributed by atoms with Crippen molar-refractivity contribution in [3.05, 3.63) is 83.9 Å². The number of hydrogen-bond donors (Lipinski definition) is 0. The zero-order valence-corrected chi connectivity index (χ0v) is 25.7. The third-order valence-electron chi connectivity index (χ3n) is 7.50. The molecule has 0 saturated heterocycles. The van der Waals surface area contributed by atoms with Gasteiger partial charge in [-0.1, -0.05) is 83.1 Å². The van der Waals surface area contributed by atoms with E-state index >= 15 is 0 Å². The van der Waals surface area contributed by atoms with Crippen LogP contribution in [0, 0.1) is 5.92 Å². The first kappa shape index (κ1) is 33.1. The Bertz CT molecular complexity index is 1180. The summed E-state index contributed by atoms with van der Waals surface area (Å²) in [6.07, 6.45) is 11.4. The molecule has 1 atom stereocenters. The monoisotopic (exact) mass is 572 g/mol. The third kappa shape index (κ3) is 11.4. The van der Waals surface area contributed by atoms with Crippen LogP contribution >= 0.6 is 0 Å². The molecule has 226 valence electrons. The zero-order valence-electron chi connectivity index (χ0n) is 25.7. The molecule has 0 saturated carbocycles. The summed E-state index contributed by atoms with van der Waals surface area (Å²) in [6, 6.07) is 22.3. The second kappa shape index (κ2) is 18.9. The highest BCUT2D eigenvalue weighted by Crippen LogP contribution is 2.24. The summed E-state index contributed by atoms with van der Waals surface area (Å²) in [5.41, 5.74) is 3.18. The van der Waals surface area contributed by atoms with Gasteiger partial charge in [-0.05, 0) is 85.8 Å². The molecule has 0 heterocycles. The molecule has 5 nitrogen and oxygen atoms in total. The van der Waals surface area contributed by atoms with Crippen LogP contribution in [0.25, 0.3) is 11.1 Å². The minimum Gasteiger partial charge on any atom is -0.494 e. The van der Waals surface area contributed by atoms with E-state index in [2.05, 4.69) is 6.92 Å². The fourth-order valence-corrected chi connectivity index (χ4v) is 4.86. The van der Waals surface area contributed by atoms with Crippen LogP contribution < -0.4 is 9.47 Å². The SMILES string of the molecule is CCCCCCCCOc1ccc(-c2ccc(C(=O)Oc3ccc(C(=O)C(C)CCCCCOCC)cc3)cc2)cc1. The number of unbranched alkanes of at least 4 members (excludes halogenated alkanes) is 7. The van der Waals surface area contributed by atoms with E-state index in [1.807, 2.05) is 50.2 Å². The van der Waals surface area contributed by atoms with Crippen LogP contribution in [0.4, 0.5) is 0 Å². The van der Waals surface area contributed by atoms with E-state index in [-0.39, 0.29) is 11.7 Å². The Labute approximate surface area is 252 Å². The van der Waals surface area contributed by atoms with Crippen LogP contribution in [0.5, 0.6) is 11.5 Å². The lowest BCUT2D eigenvalue weighted by molar-refractivity contribution is 0.0734. The molecule has 42 heavy (non-hydrogen) atoms. The van der Waals surface area contributed by atoms with Crippen LogP contribution in [-0.2, 0) is 4.74 Å². The predicted octanol–water partition coefficient (Wildman–Crippen LogP) is 9.73. The Kier molecular flexibility index (Phi) is 14.9. The molecule has 0 aromatic heterocycles. The number of carbonyl (C=O) groups is 2. The molecule has 0 aliphatic heterocycles. The molecule has 5 heteroatoms. The van der Waals surface area contributed by atoms with Gasteiger partial charge >= 0.3 is 5.97 Å². The normalized spacial score (nSPS) is 11.7. The van der Waals surface area contributed by atoms with Crippen molar-refractivity contribution in [3.8, 4) is 22.6 Å². The highest BCUT2D eigenvalue weighted by Gasteiger charge is 2.16. The highest BCUT2D eigenvalue weighted by molar-refractivity contribution is 5.98. The molecule has 3 aromatic carbocycles. The summed E-state index contributed by atoms with van der Waals surface area (Å²) >= 11 is 0. The van der Waals surface area contributed by atoms with Gasteiger partial charge in [0.2, 0.25) is 0 Å². The van der Waals surface area contributed by atoms with Crippen molar-refractivity contribution in [1.29, 1.82) is 0 Å². The smallest absolute Gasteiger partial charge is 0.343 e. The van der Waals surface area contributed by atoms with Crippen molar-refractivity contribution < 1.29 is 23.8 Å². The first-order valence-electron chi connectivity index (χ1n) is 15.8. The number of benzene rings is 3. The Morgan fingerprint density at radius 2 is 1.17 bits per heavy atom. The van der Waals surface area contributed by atoms with E-state index in [9.17, 15) is 9.59 Å². The molecule has 0 spiro atoms. The van der Waals surface area contributed by atoms with Gasteiger partial charge < -0.3 is 14.2 Å². The standard InChI is InChI=1S/C37H48O5/c1-4-6-7-8-9-13-28-41-34-23-19-31(20-24-34)30-15-17-33(18-16-30)37(39)42-35-25-21-32(22-26-35)36(38)29(3)14-11-10-12-27-40-5-2/h15-26,29H,4-14,27-28H2,1-3H3. The van der Waals surface area contributed by atoms with Gasteiger partial charge in [0.25, 0.3) is 0 Å². The lowest BCUT2D eigenvalue weighted by Crippen LogP contribution is -2.12. The molecule has 0 aliphatic carbocycles. The molecule has 0 amide bonds. The van der Waals surface area contributed by atoms with Gasteiger partial charge in [-0.25, -0.2) is 4.79 Å². The first-order valence-corrected chi connectivity index (χ1v) is 15.8. The Morgan fingerprint density at radius 3 is 1.83 bits per heavy atom. The zero-order chi connectivity index (χ0) is 30.0. The Hall–Kier alpha value is -3.44. The number of esters is 1. The number of ether oxygens (including phenoxy) is 3. The number of carbonyl (C=O) groups excluding carboxylic acids is 2. The molecular formula is C37H48O5. The van der Waals surface area contributed by atoms with Gasteiger partial charge in [-0.15, -0.1) is 0 Å². The second-order valence-corrected chi connectivity index (χ2v) is 10.9. The van der Waals surface area contributed by atoms with E-state index in [0.717, 1.165) is 68.8 Å². The number of ketones is 1. The van der Waals surface area contributed by atoms with Crippen molar-refractivity contribution in [2.24, 2.45) is 5.92 Å². The van der Waals surface area contributed by atoms with Gasteiger partial charge in [0.15, 0.2) is 5.78 Å². The molecule has 1 unspecified atom stereocenters. The summed E-state index contributed by atoms with van der Waals surface area (Å²) < 4.78 is 16.8. The van der Waals surface area contributed by atoms with E-state index < -0.39 is 5.97 Å². The molecule has 0 aliphatic rings. The maximum Gasteiger partial charge on any atom is 0.343 e. The average molecular weight is 573 g/mol. The summed E-state index contributed by atoms with van der Waals surface area (Å²) in [5.74, 6) is 0.937. The third-order valence-corrected chi connectivity index (χ3v) is 7.50. The van der Waals surface area contributed by atoms with Gasteiger partial charge in [0, 0.05) is 24.7 Å². The van der Waals surface area contributed by atoms with E-state index in [1.165, 1.54) is 32.1 Å². The number of Topliss-reactive ketones (excluding diaryl/α,β-unsaturated/α-hetero) is 1. The van der Waals surface area contributed by atoms with Gasteiger partial charge in [0.05, 0.1) is 12.2 Å². The van der Waals surface area contributed by atoms with Crippen molar-refractivity contribution in [2.45, 2.75) is 85.0 Å². The summed E-state index contributed by atoms with van der Waals surface area (Å²) in [7, 11) is 0. The fraction of sp³-hybridized carbons (Fsp3) is 0.459. The van der Waals surface area contributed by atoms with Crippen LogP contribution in [-0.4, -0.2) is 31.6 Å². The molecule has 0 radical (unpaired) electrons. The number of rotatable bonds is 20. The van der Waals surface area contributed by atoms with Crippen LogP contribution in [0.1, 0.15) is 106 Å². The first-order chi connectivity index (χ1) is 20.5. The maximum atomic E-state index is 12.8. The topological polar surface area (TPSA) is 61.8 Å². The molecule has 3 rings (SSSR count). The fourth-order valence-electron chi connectivity index (χ4n) is 4.86. The van der Waals surface area contributed by atoms with Gasteiger partial charge in [0.1, 0.15) is 11.5 Å². The largest absolute Gasteiger partial charge is 0.494 e. The minimum atomic E-state index is -0.431. The van der Waals surface area contributed by atoms with Gasteiger partial charge in [-0.3, -0.25) is 4.79 Å². The van der Waals surface area contributed by atoms with Gasteiger partial charge in [-0.2, -0.15) is 0 Å². The van der Waals surface area contributed by atoms with Crippen molar-refractivity contribution in [2.75, 3.05) is 19.8 Å².